The van der Waals surface area contributed by atoms with Gasteiger partial charge in [-0.3, -0.25) is 0 Å². The van der Waals surface area contributed by atoms with E-state index in [9.17, 15) is 9.90 Å². The third kappa shape index (κ3) is 2.38. The predicted octanol–water partition coefficient (Wildman–Crippen LogP) is 3.65. The number of aromatic nitrogens is 1. The molecule has 0 aliphatic heterocycles. The first kappa shape index (κ1) is 12.6. The first-order chi connectivity index (χ1) is 8.63. The second-order valence-electron chi connectivity index (χ2n) is 3.89. The Kier molecular flexibility index (Phi) is 3.67. The first-order valence-corrected chi connectivity index (χ1v) is 5.99. The summed E-state index contributed by atoms with van der Waals surface area (Å²) in [5.74, 6) is -0.630. The topological polar surface area (TPSA) is 63.3 Å². The average Bonchev–Trinajstić information content (AvgIpc) is 2.73. The van der Waals surface area contributed by atoms with Crippen molar-refractivity contribution in [3.05, 3.63) is 40.6 Å². The number of benzene rings is 1. The Morgan fingerprint density at radius 3 is 2.89 bits per heavy atom. The SMILES string of the molecule is CCCc1onc(-c2cccc(Cl)c2)c1C(=O)O. The van der Waals surface area contributed by atoms with Gasteiger partial charge in [0.25, 0.3) is 0 Å². The minimum absolute atomic E-state index is 0.124. The molecule has 0 bridgehead atoms. The van der Waals surface area contributed by atoms with E-state index in [1.165, 1.54) is 0 Å². The molecule has 0 aliphatic carbocycles. The normalized spacial score (nSPS) is 10.6. The number of carboxylic acid groups (broad SMARTS) is 1. The highest BCUT2D eigenvalue weighted by Gasteiger charge is 2.22. The van der Waals surface area contributed by atoms with Crippen molar-refractivity contribution in [1.29, 1.82) is 0 Å². The molecule has 1 heterocycles. The molecule has 2 aromatic rings. The molecule has 0 saturated heterocycles. The van der Waals surface area contributed by atoms with Gasteiger partial charge in [0.15, 0.2) is 5.76 Å². The van der Waals surface area contributed by atoms with Crippen LogP contribution < -0.4 is 0 Å². The van der Waals surface area contributed by atoms with Gasteiger partial charge in [-0.1, -0.05) is 35.8 Å². The molecule has 1 N–H and O–H groups in total. The van der Waals surface area contributed by atoms with E-state index < -0.39 is 5.97 Å². The molecule has 0 fully saturated rings. The van der Waals surface area contributed by atoms with Crippen molar-refractivity contribution in [2.24, 2.45) is 0 Å². The molecular weight excluding hydrogens is 254 g/mol. The second-order valence-corrected chi connectivity index (χ2v) is 4.33. The highest BCUT2D eigenvalue weighted by Crippen LogP contribution is 2.28. The van der Waals surface area contributed by atoms with Crippen LogP contribution in [0.4, 0.5) is 0 Å². The maximum atomic E-state index is 11.3. The van der Waals surface area contributed by atoms with Crippen molar-refractivity contribution in [3.63, 3.8) is 0 Å². The maximum absolute atomic E-state index is 11.3. The van der Waals surface area contributed by atoms with Gasteiger partial charge in [0.05, 0.1) is 0 Å². The number of nitrogens with zero attached hydrogens (tertiary/aromatic N) is 1. The van der Waals surface area contributed by atoms with Crippen LogP contribution in [-0.2, 0) is 6.42 Å². The van der Waals surface area contributed by atoms with Crippen LogP contribution in [-0.4, -0.2) is 16.2 Å². The Labute approximate surface area is 109 Å². The van der Waals surface area contributed by atoms with Crippen LogP contribution >= 0.6 is 11.6 Å². The number of carboxylic acids is 1. The molecule has 0 amide bonds. The molecule has 94 valence electrons. The van der Waals surface area contributed by atoms with E-state index >= 15 is 0 Å². The summed E-state index contributed by atoms with van der Waals surface area (Å²) in [7, 11) is 0. The van der Waals surface area contributed by atoms with Crippen molar-refractivity contribution in [2.45, 2.75) is 19.8 Å². The van der Waals surface area contributed by atoms with Crippen LogP contribution in [0.1, 0.15) is 29.5 Å². The Balaban J connectivity index is 2.54. The van der Waals surface area contributed by atoms with Crippen LogP contribution in [0.5, 0.6) is 0 Å². The van der Waals surface area contributed by atoms with Crippen molar-refractivity contribution < 1.29 is 14.4 Å². The summed E-state index contributed by atoms with van der Waals surface area (Å²) in [6.07, 6.45) is 1.35. The molecule has 1 aromatic carbocycles. The molecule has 0 aliphatic rings. The molecule has 1 aromatic heterocycles. The van der Waals surface area contributed by atoms with Gasteiger partial charge in [-0.25, -0.2) is 4.79 Å². The highest BCUT2D eigenvalue weighted by molar-refractivity contribution is 6.30. The van der Waals surface area contributed by atoms with E-state index in [1.807, 2.05) is 6.92 Å². The number of hydrogen-bond donors (Lipinski definition) is 1. The van der Waals surface area contributed by atoms with Crippen LogP contribution in [0.15, 0.2) is 28.8 Å². The Bertz CT molecular complexity index is 577. The minimum Gasteiger partial charge on any atom is -0.477 e. The van der Waals surface area contributed by atoms with Crippen molar-refractivity contribution in [2.75, 3.05) is 0 Å². The predicted molar refractivity (Wildman–Crippen MR) is 67.9 cm³/mol. The lowest BCUT2D eigenvalue weighted by atomic mass is 10.0. The smallest absolute Gasteiger partial charge is 0.341 e. The number of halogens is 1. The number of rotatable bonds is 4. The van der Waals surface area contributed by atoms with E-state index in [-0.39, 0.29) is 5.56 Å². The molecule has 4 nitrogen and oxygen atoms in total. The van der Waals surface area contributed by atoms with Crippen LogP contribution in [0.25, 0.3) is 11.3 Å². The summed E-state index contributed by atoms with van der Waals surface area (Å²) in [5, 5.41) is 13.6. The van der Waals surface area contributed by atoms with Crippen LogP contribution in [0.3, 0.4) is 0 Å². The van der Waals surface area contributed by atoms with E-state index in [0.717, 1.165) is 6.42 Å². The maximum Gasteiger partial charge on any atom is 0.341 e. The quantitative estimate of drug-likeness (QED) is 0.916. The summed E-state index contributed by atoms with van der Waals surface area (Å²) < 4.78 is 5.12. The molecular formula is C13H12ClNO3. The van der Waals surface area contributed by atoms with Crippen molar-refractivity contribution >= 4 is 17.6 Å². The van der Waals surface area contributed by atoms with Gasteiger partial charge in [-0.05, 0) is 18.6 Å². The fourth-order valence-corrected chi connectivity index (χ4v) is 1.97. The standard InChI is InChI=1S/C13H12ClNO3/c1-2-4-10-11(13(16)17)12(15-18-10)8-5-3-6-9(14)7-8/h3,5-7H,2,4H2,1H3,(H,16,17). The molecule has 0 saturated carbocycles. The van der Waals surface area contributed by atoms with Crippen LogP contribution in [0.2, 0.25) is 5.02 Å². The fraction of sp³-hybridized carbons (Fsp3) is 0.231. The Morgan fingerprint density at radius 2 is 2.28 bits per heavy atom. The van der Waals surface area contributed by atoms with Gasteiger partial charge in [-0.2, -0.15) is 0 Å². The lowest BCUT2D eigenvalue weighted by Gasteiger charge is -1.99. The summed E-state index contributed by atoms with van der Waals surface area (Å²) in [6, 6.07) is 6.89. The molecule has 18 heavy (non-hydrogen) atoms. The monoisotopic (exact) mass is 265 g/mol. The van der Waals surface area contributed by atoms with Crippen molar-refractivity contribution in [3.8, 4) is 11.3 Å². The minimum atomic E-state index is -1.03. The molecule has 0 unspecified atom stereocenters. The van der Waals surface area contributed by atoms with E-state index in [1.54, 1.807) is 24.3 Å². The summed E-state index contributed by atoms with van der Waals surface area (Å²) in [4.78, 5) is 11.3. The van der Waals surface area contributed by atoms with E-state index in [2.05, 4.69) is 5.16 Å². The summed E-state index contributed by atoms with van der Waals surface area (Å²) in [6.45, 7) is 1.95. The van der Waals surface area contributed by atoms with Gasteiger partial charge in [-0.15, -0.1) is 0 Å². The lowest BCUT2D eigenvalue weighted by molar-refractivity contribution is 0.0695. The largest absolute Gasteiger partial charge is 0.477 e. The number of hydrogen-bond acceptors (Lipinski definition) is 3. The molecule has 2 rings (SSSR count). The first-order valence-electron chi connectivity index (χ1n) is 5.61. The van der Waals surface area contributed by atoms with Gasteiger partial charge in [0.1, 0.15) is 11.3 Å². The molecule has 0 radical (unpaired) electrons. The second kappa shape index (κ2) is 5.23. The van der Waals surface area contributed by atoms with Gasteiger partial charge < -0.3 is 9.63 Å². The zero-order valence-corrected chi connectivity index (χ0v) is 10.6. The zero-order chi connectivity index (χ0) is 13.1. The summed E-state index contributed by atoms with van der Waals surface area (Å²) >= 11 is 5.89. The average molecular weight is 266 g/mol. The summed E-state index contributed by atoms with van der Waals surface area (Å²) in [5.41, 5.74) is 1.10. The number of aromatic carboxylic acids is 1. The van der Waals surface area contributed by atoms with Crippen molar-refractivity contribution in [1.82, 2.24) is 5.16 Å². The molecule has 5 heteroatoms. The van der Waals surface area contributed by atoms with Gasteiger partial charge >= 0.3 is 5.97 Å². The Morgan fingerprint density at radius 1 is 1.50 bits per heavy atom. The zero-order valence-electron chi connectivity index (χ0n) is 9.81. The number of aryl methyl sites for hydroxylation is 1. The van der Waals surface area contributed by atoms with Crippen LogP contribution in [0, 0.1) is 0 Å². The van der Waals surface area contributed by atoms with E-state index in [0.29, 0.717) is 28.5 Å². The fourth-order valence-electron chi connectivity index (χ4n) is 1.78. The van der Waals surface area contributed by atoms with Gasteiger partial charge in [0, 0.05) is 17.0 Å². The van der Waals surface area contributed by atoms with E-state index in [4.69, 9.17) is 16.1 Å². The molecule has 0 spiro atoms. The van der Waals surface area contributed by atoms with Gasteiger partial charge in [0.2, 0.25) is 0 Å². The highest BCUT2D eigenvalue weighted by atomic mass is 35.5. The number of carbonyl (C=O) groups is 1. The third-order valence-corrected chi connectivity index (χ3v) is 2.79. The Hall–Kier alpha value is -1.81. The molecule has 0 atom stereocenters. The third-order valence-electron chi connectivity index (χ3n) is 2.55. The lowest BCUT2D eigenvalue weighted by Crippen LogP contribution is -2.01.